The number of halogens is 2. The molecule has 0 spiro atoms. The second-order valence-corrected chi connectivity index (χ2v) is 12.0. The second kappa shape index (κ2) is 14.1. The summed E-state index contributed by atoms with van der Waals surface area (Å²) in [6, 6.07) is 31.5. The fraction of sp³-hybridized carbons (Fsp3) is 0.250. The predicted molar refractivity (Wildman–Crippen MR) is 174 cm³/mol. The van der Waals surface area contributed by atoms with Crippen LogP contribution in [-0.4, -0.2) is 69.5 Å². The topological polar surface area (TPSA) is 76.2 Å². The summed E-state index contributed by atoms with van der Waals surface area (Å²) in [6.07, 6.45) is 0.00618. The molecule has 2 aliphatic heterocycles. The number of nitrogens with zero attached hydrogens (tertiary/aromatic N) is 4. The van der Waals surface area contributed by atoms with E-state index in [1.54, 1.807) is 32.0 Å². The summed E-state index contributed by atoms with van der Waals surface area (Å²) in [4.78, 5) is 45.5. The Labute approximate surface area is 272 Å². The van der Waals surface area contributed by atoms with Crippen LogP contribution in [0, 0.1) is 5.82 Å². The molecule has 4 aromatic rings. The molecule has 4 amide bonds. The molecule has 2 saturated heterocycles. The lowest BCUT2D eigenvalue weighted by atomic mass is 9.98. The molecule has 6 rings (SSSR count). The largest absolute Gasteiger partial charge is 0.337 e. The first-order chi connectivity index (χ1) is 22.4. The highest BCUT2D eigenvalue weighted by Crippen LogP contribution is 2.30. The number of fused-ring (bicyclic) bond motifs is 1. The van der Waals surface area contributed by atoms with Crippen LogP contribution in [0.1, 0.15) is 22.3 Å². The molecule has 10 heteroatoms. The Morgan fingerprint density at radius 3 is 2.11 bits per heavy atom. The van der Waals surface area contributed by atoms with Crippen LogP contribution in [0.2, 0.25) is 5.02 Å². The van der Waals surface area contributed by atoms with Gasteiger partial charge in [-0.1, -0.05) is 96.5 Å². The van der Waals surface area contributed by atoms with Gasteiger partial charge in [-0.25, -0.2) is 19.2 Å². The predicted octanol–water partition coefficient (Wildman–Crippen LogP) is 5.27. The molecule has 46 heavy (non-hydrogen) atoms. The van der Waals surface area contributed by atoms with E-state index in [0.717, 1.165) is 22.3 Å². The molecular weight excluding hydrogens is 605 g/mol. The van der Waals surface area contributed by atoms with Gasteiger partial charge < -0.3 is 15.1 Å². The van der Waals surface area contributed by atoms with Gasteiger partial charge in [0.1, 0.15) is 18.0 Å². The number of nitrogens with one attached hydrogen (secondary N) is 1. The first-order valence-corrected chi connectivity index (χ1v) is 15.7. The molecule has 0 unspecified atom stereocenters. The van der Waals surface area contributed by atoms with Crippen molar-refractivity contribution in [3.05, 3.63) is 142 Å². The first-order valence-electron chi connectivity index (χ1n) is 15.3. The molecule has 4 aromatic carbocycles. The van der Waals surface area contributed by atoms with Crippen molar-refractivity contribution >= 4 is 29.4 Å². The van der Waals surface area contributed by atoms with E-state index in [9.17, 15) is 18.8 Å². The molecule has 2 aliphatic rings. The number of hydrogen-bond acceptors (Lipinski definition) is 4. The molecule has 0 aromatic heterocycles. The molecule has 0 bridgehead atoms. The second-order valence-electron chi connectivity index (χ2n) is 11.6. The molecule has 0 saturated carbocycles. The Morgan fingerprint density at radius 2 is 1.43 bits per heavy atom. The van der Waals surface area contributed by atoms with E-state index >= 15 is 0 Å². The van der Waals surface area contributed by atoms with E-state index < -0.39 is 12.2 Å². The van der Waals surface area contributed by atoms with Gasteiger partial charge in [0.05, 0.1) is 13.1 Å². The standard InChI is InChI=1S/C36H35ClFN5O3/c37-30-15-11-26(12-16-30)19-20-40-24-33-42(32(35(40)45)21-27-13-17-31(38)18-14-27)34(44)25-41(23-29-9-5-2-6-10-29)43(33)36(46)39-22-28-7-3-1-4-8-28/h1-18,32-33H,19-25H2,(H,39,46)/t32-,33-/m0/s1. The van der Waals surface area contributed by atoms with Gasteiger partial charge in [0.15, 0.2) is 0 Å². The lowest BCUT2D eigenvalue weighted by Gasteiger charge is -2.55. The third kappa shape index (κ3) is 7.22. The number of carbonyl (C=O) groups is 3. The van der Waals surface area contributed by atoms with E-state index in [1.807, 2.05) is 84.9 Å². The number of hydrogen-bond donors (Lipinski definition) is 1. The number of urea groups is 1. The maximum Gasteiger partial charge on any atom is 0.334 e. The van der Waals surface area contributed by atoms with Gasteiger partial charge in [0.2, 0.25) is 11.8 Å². The van der Waals surface area contributed by atoms with Crippen LogP contribution >= 0.6 is 11.6 Å². The summed E-state index contributed by atoms with van der Waals surface area (Å²) in [5.41, 5.74) is 3.61. The molecule has 2 heterocycles. The Kier molecular flexibility index (Phi) is 9.61. The average Bonchev–Trinajstić information content (AvgIpc) is 3.07. The zero-order valence-corrected chi connectivity index (χ0v) is 26.0. The third-order valence-electron chi connectivity index (χ3n) is 8.46. The van der Waals surface area contributed by atoms with Crippen molar-refractivity contribution in [1.82, 2.24) is 25.1 Å². The molecule has 0 radical (unpaired) electrons. The fourth-order valence-electron chi connectivity index (χ4n) is 6.14. The van der Waals surface area contributed by atoms with E-state index in [-0.39, 0.29) is 43.2 Å². The van der Waals surface area contributed by atoms with Crippen LogP contribution in [0.3, 0.4) is 0 Å². The fourth-order valence-corrected chi connectivity index (χ4v) is 6.27. The highest BCUT2D eigenvalue weighted by molar-refractivity contribution is 6.30. The Hall–Kier alpha value is -4.73. The lowest BCUT2D eigenvalue weighted by Crippen LogP contribution is -2.76. The summed E-state index contributed by atoms with van der Waals surface area (Å²) in [5.74, 6) is -0.831. The summed E-state index contributed by atoms with van der Waals surface area (Å²) in [6.45, 7) is 1.08. The number of carbonyl (C=O) groups excluding carboxylic acids is 3. The Morgan fingerprint density at radius 1 is 0.804 bits per heavy atom. The van der Waals surface area contributed by atoms with E-state index in [0.29, 0.717) is 31.1 Å². The number of rotatable bonds is 9. The Bertz CT molecular complexity index is 1660. The molecule has 2 atom stereocenters. The monoisotopic (exact) mass is 639 g/mol. The van der Waals surface area contributed by atoms with Crippen molar-refractivity contribution in [1.29, 1.82) is 0 Å². The quantitative estimate of drug-likeness (QED) is 0.271. The summed E-state index contributed by atoms with van der Waals surface area (Å²) in [5, 5.41) is 7.04. The van der Waals surface area contributed by atoms with Crippen molar-refractivity contribution in [3.63, 3.8) is 0 Å². The van der Waals surface area contributed by atoms with Crippen molar-refractivity contribution in [2.45, 2.75) is 38.1 Å². The smallest absolute Gasteiger partial charge is 0.334 e. The first kappa shape index (κ1) is 31.3. The van der Waals surface area contributed by atoms with Gasteiger partial charge in [-0.15, -0.1) is 0 Å². The normalized spacial score (nSPS) is 18.4. The maximum atomic E-state index is 14.1. The van der Waals surface area contributed by atoms with Gasteiger partial charge in [-0.2, -0.15) is 0 Å². The lowest BCUT2D eigenvalue weighted by molar-refractivity contribution is -0.191. The summed E-state index contributed by atoms with van der Waals surface area (Å²) in [7, 11) is 0. The highest BCUT2D eigenvalue weighted by Gasteiger charge is 2.51. The molecular formula is C36H35ClFN5O3. The number of hydrazine groups is 1. The van der Waals surface area contributed by atoms with Crippen LogP contribution in [0.25, 0.3) is 0 Å². The van der Waals surface area contributed by atoms with Gasteiger partial charge in [0, 0.05) is 31.1 Å². The van der Waals surface area contributed by atoms with Gasteiger partial charge in [-0.05, 0) is 52.9 Å². The summed E-state index contributed by atoms with van der Waals surface area (Å²) < 4.78 is 13.8. The van der Waals surface area contributed by atoms with Gasteiger partial charge in [-0.3, -0.25) is 9.59 Å². The van der Waals surface area contributed by atoms with Crippen molar-refractivity contribution in [2.24, 2.45) is 0 Å². The van der Waals surface area contributed by atoms with E-state index in [2.05, 4.69) is 5.32 Å². The molecule has 236 valence electrons. The third-order valence-corrected chi connectivity index (χ3v) is 8.71. The Balaban J connectivity index is 1.33. The minimum absolute atomic E-state index is 0.0812. The minimum atomic E-state index is -0.870. The van der Waals surface area contributed by atoms with Gasteiger partial charge >= 0.3 is 6.03 Å². The maximum absolute atomic E-state index is 14.1. The van der Waals surface area contributed by atoms with Crippen molar-refractivity contribution < 1.29 is 18.8 Å². The zero-order chi connectivity index (χ0) is 32.0. The molecule has 0 aliphatic carbocycles. The SMILES string of the molecule is O=C1[C@H](Cc2ccc(F)cc2)N2C(=O)CN(Cc3ccccc3)N(C(=O)NCc3ccccc3)[C@H]2CN1CCc1ccc(Cl)cc1. The van der Waals surface area contributed by atoms with Crippen LogP contribution in [0.15, 0.2) is 109 Å². The van der Waals surface area contributed by atoms with E-state index in [4.69, 9.17) is 11.6 Å². The van der Waals surface area contributed by atoms with Crippen LogP contribution in [0.5, 0.6) is 0 Å². The minimum Gasteiger partial charge on any atom is -0.337 e. The number of benzene rings is 4. The summed E-state index contributed by atoms with van der Waals surface area (Å²) >= 11 is 6.09. The number of piperazine rings is 1. The molecule has 8 nitrogen and oxygen atoms in total. The number of amides is 4. The zero-order valence-electron chi connectivity index (χ0n) is 25.3. The average molecular weight is 640 g/mol. The van der Waals surface area contributed by atoms with Crippen LogP contribution in [-0.2, 0) is 35.5 Å². The molecule has 2 fully saturated rings. The van der Waals surface area contributed by atoms with Crippen LogP contribution < -0.4 is 5.32 Å². The molecule has 1 N–H and O–H groups in total. The van der Waals surface area contributed by atoms with Crippen LogP contribution in [0.4, 0.5) is 9.18 Å². The van der Waals surface area contributed by atoms with Crippen molar-refractivity contribution in [3.8, 4) is 0 Å². The van der Waals surface area contributed by atoms with Crippen molar-refractivity contribution in [2.75, 3.05) is 19.6 Å². The highest BCUT2D eigenvalue weighted by atomic mass is 35.5. The van der Waals surface area contributed by atoms with E-state index in [1.165, 1.54) is 12.1 Å². The van der Waals surface area contributed by atoms with Gasteiger partial charge in [0.25, 0.3) is 0 Å².